The fourth-order valence-corrected chi connectivity index (χ4v) is 1.57. The molecular weight excluding hydrogens is 186 g/mol. The molecule has 0 saturated carbocycles. The summed E-state index contributed by atoms with van der Waals surface area (Å²) in [7, 11) is 1.96. The SMILES string of the molecule is CNCCC=Cc1cccc2cn[nH]c12. The second-order valence-corrected chi connectivity index (χ2v) is 3.48. The van der Waals surface area contributed by atoms with Crippen molar-refractivity contribution >= 4 is 17.0 Å². The first-order chi connectivity index (χ1) is 7.42. The Bertz CT molecular complexity index is 457. The molecule has 1 aromatic heterocycles. The van der Waals surface area contributed by atoms with Crippen LogP contribution in [0.1, 0.15) is 12.0 Å². The first kappa shape index (κ1) is 9.93. The second-order valence-electron chi connectivity index (χ2n) is 3.48. The quantitative estimate of drug-likeness (QED) is 0.744. The first-order valence-corrected chi connectivity index (χ1v) is 5.15. The second kappa shape index (κ2) is 4.75. The van der Waals surface area contributed by atoms with E-state index in [2.05, 4.69) is 45.9 Å². The smallest absolute Gasteiger partial charge is 0.0722 e. The van der Waals surface area contributed by atoms with Crippen molar-refractivity contribution in [1.82, 2.24) is 15.5 Å². The Morgan fingerprint density at radius 2 is 2.40 bits per heavy atom. The van der Waals surface area contributed by atoms with Gasteiger partial charge in [-0.3, -0.25) is 5.10 Å². The van der Waals surface area contributed by atoms with Crippen LogP contribution in [0.5, 0.6) is 0 Å². The monoisotopic (exact) mass is 201 g/mol. The number of nitrogens with zero attached hydrogens (tertiary/aromatic N) is 1. The number of para-hydroxylation sites is 1. The lowest BCUT2D eigenvalue weighted by atomic mass is 10.1. The molecular formula is C12H15N3. The molecule has 0 aliphatic heterocycles. The van der Waals surface area contributed by atoms with E-state index in [1.807, 2.05) is 13.2 Å². The van der Waals surface area contributed by atoms with E-state index < -0.39 is 0 Å². The van der Waals surface area contributed by atoms with Crippen molar-refractivity contribution in [1.29, 1.82) is 0 Å². The molecule has 78 valence electrons. The Morgan fingerprint density at radius 3 is 3.27 bits per heavy atom. The van der Waals surface area contributed by atoms with Gasteiger partial charge in [-0.1, -0.05) is 30.4 Å². The minimum Gasteiger partial charge on any atom is -0.319 e. The third-order valence-electron chi connectivity index (χ3n) is 2.37. The lowest BCUT2D eigenvalue weighted by Gasteiger charge is -1.96. The fourth-order valence-electron chi connectivity index (χ4n) is 1.57. The molecule has 0 aliphatic rings. The molecule has 3 heteroatoms. The molecule has 0 radical (unpaired) electrons. The van der Waals surface area contributed by atoms with Crippen molar-refractivity contribution in [2.45, 2.75) is 6.42 Å². The molecule has 2 rings (SSSR count). The number of nitrogens with one attached hydrogen (secondary N) is 2. The van der Waals surface area contributed by atoms with Crippen molar-refractivity contribution in [2.24, 2.45) is 0 Å². The number of benzene rings is 1. The van der Waals surface area contributed by atoms with Gasteiger partial charge in [-0.2, -0.15) is 5.10 Å². The topological polar surface area (TPSA) is 40.7 Å². The highest BCUT2D eigenvalue weighted by atomic mass is 15.1. The molecule has 15 heavy (non-hydrogen) atoms. The third-order valence-corrected chi connectivity index (χ3v) is 2.37. The van der Waals surface area contributed by atoms with E-state index in [9.17, 15) is 0 Å². The van der Waals surface area contributed by atoms with Crippen molar-refractivity contribution in [3.8, 4) is 0 Å². The maximum absolute atomic E-state index is 4.04. The van der Waals surface area contributed by atoms with Gasteiger partial charge < -0.3 is 5.32 Å². The van der Waals surface area contributed by atoms with Gasteiger partial charge in [0.1, 0.15) is 0 Å². The molecule has 0 unspecified atom stereocenters. The van der Waals surface area contributed by atoms with Crippen LogP contribution in [0, 0.1) is 0 Å². The molecule has 0 aliphatic carbocycles. The van der Waals surface area contributed by atoms with Gasteiger partial charge in [0, 0.05) is 5.39 Å². The molecule has 1 heterocycles. The van der Waals surface area contributed by atoms with Crippen LogP contribution >= 0.6 is 0 Å². The highest BCUT2D eigenvalue weighted by Gasteiger charge is 1.97. The Hall–Kier alpha value is -1.61. The van der Waals surface area contributed by atoms with Gasteiger partial charge in [0.05, 0.1) is 11.7 Å². The van der Waals surface area contributed by atoms with E-state index in [1.165, 1.54) is 5.56 Å². The minimum absolute atomic E-state index is 1.01. The average molecular weight is 201 g/mol. The number of aromatic amines is 1. The Morgan fingerprint density at radius 1 is 1.47 bits per heavy atom. The van der Waals surface area contributed by atoms with E-state index in [0.717, 1.165) is 23.9 Å². The van der Waals surface area contributed by atoms with Crippen LogP contribution in [0.15, 0.2) is 30.5 Å². The maximum Gasteiger partial charge on any atom is 0.0722 e. The normalized spacial score (nSPS) is 11.5. The van der Waals surface area contributed by atoms with Crippen LogP contribution in [0.2, 0.25) is 0 Å². The van der Waals surface area contributed by atoms with Crippen LogP contribution in [0.3, 0.4) is 0 Å². The van der Waals surface area contributed by atoms with E-state index >= 15 is 0 Å². The zero-order valence-electron chi connectivity index (χ0n) is 8.83. The molecule has 1 aromatic carbocycles. The van der Waals surface area contributed by atoms with Crippen LogP contribution in [0.25, 0.3) is 17.0 Å². The molecule has 0 saturated heterocycles. The molecule has 0 atom stereocenters. The summed E-state index contributed by atoms with van der Waals surface area (Å²) in [6.07, 6.45) is 7.20. The van der Waals surface area contributed by atoms with Gasteiger partial charge in [0.25, 0.3) is 0 Å². The van der Waals surface area contributed by atoms with Crippen LogP contribution in [0.4, 0.5) is 0 Å². The summed E-state index contributed by atoms with van der Waals surface area (Å²) < 4.78 is 0. The first-order valence-electron chi connectivity index (χ1n) is 5.15. The standard InChI is InChI=1S/C12H15N3/c1-13-8-3-2-5-10-6-4-7-11-9-14-15-12(10)11/h2,4-7,9,13H,3,8H2,1H3,(H,14,15). The van der Waals surface area contributed by atoms with E-state index in [-0.39, 0.29) is 0 Å². The molecule has 2 aromatic rings. The van der Waals surface area contributed by atoms with Crippen molar-refractivity contribution in [3.63, 3.8) is 0 Å². The zero-order chi connectivity index (χ0) is 10.5. The number of aromatic nitrogens is 2. The summed E-state index contributed by atoms with van der Waals surface area (Å²) in [5.74, 6) is 0. The minimum atomic E-state index is 1.01. The molecule has 0 fully saturated rings. The average Bonchev–Trinajstić information content (AvgIpc) is 2.73. The summed E-state index contributed by atoms with van der Waals surface area (Å²) in [5, 5.41) is 11.3. The van der Waals surface area contributed by atoms with Crippen LogP contribution in [-0.2, 0) is 0 Å². The molecule has 0 bridgehead atoms. The number of fused-ring (bicyclic) bond motifs is 1. The fraction of sp³-hybridized carbons (Fsp3) is 0.250. The number of hydrogen-bond acceptors (Lipinski definition) is 2. The number of H-pyrrole nitrogens is 1. The van der Waals surface area contributed by atoms with Crippen molar-refractivity contribution < 1.29 is 0 Å². The van der Waals surface area contributed by atoms with Gasteiger partial charge in [-0.25, -0.2) is 0 Å². The molecule has 3 nitrogen and oxygen atoms in total. The molecule has 2 N–H and O–H groups in total. The predicted molar refractivity (Wildman–Crippen MR) is 63.7 cm³/mol. The Labute approximate surface area is 89.2 Å². The van der Waals surface area contributed by atoms with Gasteiger partial charge >= 0.3 is 0 Å². The van der Waals surface area contributed by atoms with E-state index in [0.29, 0.717) is 0 Å². The summed E-state index contributed by atoms with van der Waals surface area (Å²) in [6, 6.07) is 6.20. The number of hydrogen-bond donors (Lipinski definition) is 2. The highest BCUT2D eigenvalue weighted by Crippen LogP contribution is 2.16. The molecule has 0 spiro atoms. The highest BCUT2D eigenvalue weighted by molar-refractivity contribution is 5.86. The summed E-state index contributed by atoms with van der Waals surface area (Å²) in [5.41, 5.74) is 2.30. The number of rotatable bonds is 4. The van der Waals surface area contributed by atoms with Crippen molar-refractivity contribution in [2.75, 3.05) is 13.6 Å². The van der Waals surface area contributed by atoms with Gasteiger partial charge in [-0.15, -0.1) is 0 Å². The Kier molecular flexibility index (Phi) is 3.15. The predicted octanol–water partition coefficient (Wildman–Crippen LogP) is 2.19. The van der Waals surface area contributed by atoms with Crippen LogP contribution in [-0.4, -0.2) is 23.8 Å². The van der Waals surface area contributed by atoms with Crippen molar-refractivity contribution in [3.05, 3.63) is 36.0 Å². The van der Waals surface area contributed by atoms with Gasteiger partial charge in [-0.05, 0) is 25.6 Å². The summed E-state index contributed by atoms with van der Waals surface area (Å²) in [4.78, 5) is 0. The molecule has 0 amide bonds. The van der Waals surface area contributed by atoms with Gasteiger partial charge in [0.15, 0.2) is 0 Å². The lowest BCUT2D eigenvalue weighted by Crippen LogP contribution is -2.05. The zero-order valence-corrected chi connectivity index (χ0v) is 8.83. The van der Waals surface area contributed by atoms with E-state index in [4.69, 9.17) is 0 Å². The Balaban J connectivity index is 2.20. The largest absolute Gasteiger partial charge is 0.319 e. The third kappa shape index (κ3) is 2.25. The van der Waals surface area contributed by atoms with Crippen LogP contribution < -0.4 is 5.32 Å². The maximum atomic E-state index is 4.04. The summed E-state index contributed by atoms with van der Waals surface area (Å²) >= 11 is 0. The van der Waals surface area contributed by atoms with E-state index in [1.54, 1.807) is 0 Å². The lowest BCUT2D eigenvalue weighted by molar-refractivity contribution is 0.809. The van der Waals surface area contributed by atoms with Gasteiger partial charge in [0.2, 0.25) is 0 Å². The summed E-state index contributed by atoms with van der Waals surface area (Å²) in [6.45, 7) is 1.01.